The molecule has 0 N–H and O–H groups in total. The van der Waals surface area contributed by atoms with Crippen molar-refractivity contribution in [1.29, 1.82) is 0 Å². The molecule has 54 heavy (non-hydrogen) atoms. The fourth-order valence-electron chi connectivity index (χ4n) is 12.0. The monoisotopic (exact) mass is 727 g/mol. The summed E-state index contributed by atoms with van der Waals surface area (Å²) >= 11 is 0. The van der Waals surface area contributed by atoms with Crippen molar-refractivity contribution in [3.8, 4) is 0 Å². The molecule has 0 aromatic carbocycles. The van der Waals surface area contributed by atoms with E-state index in [-0.39, 0.29) is 0 Å². The molecule has 0 heterocycles. The number of allylic oxidation sites excluding steroid dienone is 20. The van der Waals surface area contributed by atoms with Gasteiger partial charge in [-0.25, -0.2) is 0 Å². The molecule has 0 amide bonds. The van der Waals surface area contributed by atoms with Crippen LogP contribution < -0.4 is 0 Å². The van der Waals surface area contributed by atoms with Crippen molar-refractivity contribution in [2.45, 2.75) is 119 Å². The molecule has 0 spiro atoms. The molecule has 11 aliphatic carbocycles. The topological polar surface area (TPSA) is 0 Å². The highest BCUT2D eigenvalue weighted by Crippen LogP contribution is 2.52. The average molecular weight is 727 g/mol. The summed E-state index contributed by atoms with van der Waals surface area (Å²) in [6.45, 7) is 13.4. The molecular formula is C54H78. The molecule has 11 rings (SSSR count). The molecule has 0 nitrogen and oxygen atoms in total. The third-order valence-electron chi connectivity index (χ3n) is 14.9. The van der Waals surface area contributed by atoms with Crippen molar-refractivity contribution >= 4 is 0 Å². The van der Waals surface area contributed by atoms with Crippen LogP contribution in [0, 0.1) is 94.7 Å². The van der Waals surface area contributed by atoms with E-state index in [0.717, 1.165) is 94.7 Å². The second kappa shape index (κ2) is 20.5. The smallest absolute Gasteiger partial charge is 0.00445 e. The Bertz CT molecular complexity index is 1410. The Labute approximate surface area is 333 Å². The fraction of sp³-hybridized carbons (Fsp3) is 0.630. The zero-order valence-electron chi connectivity index (χ0n) is 35.3. The summed E-state index contributed by atoms with van der Waals surface area (Å²) in [6.07, 6.45) is 63.5. The lowest BCUT2D eigenvalue weighted by Gasteiger charge is -2.18. The minimum absolute atomic E-state index is 0.727. The Kier molecular flexibility index (Phi) is 15.6. The summed E-state index contributed by atoms with van der Waals surface area (Å²) in [5.74, 6) is 14.4. The summed E-state index contributed by atoms with van der Waals surface area (Å²) in [7, 11) is 0. The zero-order valence-corrected chi connectivity index (χ0v) is 35.3. The van der Waals surface area contributed by atoms with Gasteiger partial charge in [-0.2, -0.15) is 0 Å². The Hall–Kier alpha value is -2.60. The minimum Gasteiger partial charge on any atom is -0.0914 e. The third kappa shape index (κ3) is 11.3. The molecule has 294 valence electrons. The van der Waals surface area contributed by atoms with Crippen LogP contribution in [0.1, 0.15) is 119 Å². The van der Waals surface area contributed by atoms with Crippen LogP contribution in [0.2, 0.25) is 0 Å². The van der Waals surface area contributed by atoms with Gasteiger partial charge in [0.2, 0.25) is 0 Å². The Morgan fingerprint density at radius 3 is 1.61 bits per heavy atom. The van der Waals surface area contributed by atoms with Gasteiger partial charge in [0.1, 0.15) is 0 Å². The van der Waals surface area contributed by atoms with Crippen LogP contribution in [0.5, 0.6) is 0 Å². The van der Waals surface area contributed by atoms with E-state index in [1.165, 1.54) is 77.0 Å². The van der Waals surface area contributed by atoms with Crippen molar-refractivity contribution in [1.82, 2.24) is 0 Å². The summed E-state index contributed by atoms with van der Waals surface area (Å²) in [6, 6.07) is 0. The maximum atomic E-state index is 2.44. The molecule has 4 fully saturated rings. The summed E-state index contributed by atoms with van der Waals surface area (Å²) < 4.78 is 0. The van der Waals surface area contributed by atoms with Crippen molar-refractivity contribution in [3.05, 3.63) is 122 Å². The molecule has 4 saturated carbocycles. The van der Waals surface area contributed by atoms with Gasteiger partial charge in [-0.15, -0.1) is 0 Å². The quantitative estimate of drug-likeness (QED) is 0.254. The molecule has 14 unspecified atom stereocenters. The average Bonchev–Trinajstić information content (AvgIpc) is 4.01. The van der Waals surface area contributed by atoms with E-state index >= 15 is 0 Å². The van der Waals surface area contributed by atoms with Crippen LogP contribution in [0.4, 0.5) is 0 Å². The van der Waals surface area contributed by atoms with Crippen molar-refractivity contribution in [3.63, 3.8) is 0 Å². The zero-order chi connectivity index (χ0) is 37.9. The van der Waals surface area contributed by atoms with Gasteiger partial charge in [0.15, 0.2) is 0 Å². The van der Waals surface area contributed by atoms with Crippen molar-refractivity contribution in [2.75, 3.05) is 0 Å². The van der Waals surface area contributed by atoms with E-state index in [2.05, 4.69) is 163 Å². The molecule has 0 radical (unpaired) electrons. The van der Waals surface area contributed by atoms with E-state index < -0.39 is 0 Å². The standard InChI is InChI=1S/C12H18.C10H12.C9H16.C9H14.C7H10.C7H8/c1-3-5-10-8-9(2)11-6-4-7-12(10)11;1-2-9-7-4-5-8(6-7)10(9)3-1;2*1-3-4-9-6-5-8(2)7-9;2*1-2-7-4-3-6(1)5-7/h3-5,7,9-12H,6,8H2,1-2H3;1-2,4-5,7-10H,3,6H2;3-4,8-9H,5-7H2,1-2H3;3-6,8-9H,7H2,1-2H3;1-2,6-7H,3-5H2;1-4,6-7H,5H2/b;;2*4-3+;;. The second-order valence-corrected chi connectivity index (χ2v) is 19.2. The van der Waals surface area contributed by atoms with Gasteiger partial charge in [-0.05, 0) is 186 Å². The molecule has 6 bridgehead atoms. The summed E-state index contributed by atoms with van der Waals surface area (Å²) in [5.41, 5.74) is 0. The Balaban J connectivity index is 0.000000111. The molecule has 0 heteroatoms. The van der Waals surface area contributed by atoms with Gasteiger partial charge in [-0.1, -0.05) is 149 Å². The maximum absolute atomic E-state index is 2.44. The molecular weight excluding hydrogens is 649 g/mol. The lowest BCUT2D eigenvalue weighted by Crippen LogP contribution is -2.12. The number of hydrogen-bond donors (Lipinski definition) is 0. The van der Waals surface area contributed by atoms with Crippen LogP contribution in [-0.4, -0.2) is 0 Å². The second-order valence-electron chi connectivity index (χ2n) is 19.2. The van der Waals surface area contributed by atoms with E-state index in [0.29, 0.717) is 0 Å². The van der Waals surface area contributed by atoms with Crippen molar-refractivity contribution < 1.29 is 0 Å². The van der Waals surface area contributed by atoms with Crippen molar-refractivity contribution in [2.24, 2.45) is 94.7 Å². The van der Waals surface area contributed by atoms with E-state index in [4.69, 9.17) is 0 Å². The lowest BCUT2D eigenvalue weighted by atomic mass is 9.86. The predicted octanol–water partition coefficient (Wildman–Crippen LogP) is 15.3. The molecule has 0 aliphatic heterocycles. The lowest BCUT2D eigenvalue weighted by molar-refractivity contribution is 0.388. The Morgan fingerprint density at radius 2 is 1.11 bits per heavy atom. The third-order valence-corrected chi connectivity index (χ3v) is 14.9. The van der Waals surface area contributed by atoms with Gasteiger partial charge in [-0.3, -0.25) is 0 Å². The van der Waals surface area contributed by atoms with Gasteiger partial charge in [0.05, 0.1) is 0 Å². The molecule has 0 aromatic rings. The van der Waals surface area contributed by atoms with Gasteiger partial charge >= 0.3 is 0 Å². The van der Waals surface area contributed by atoms with E-state index in [1.807, 2.05) is 0 Å². The molecule has 0 aromatic heterocycles. The van der Waals surface area contributed by atoms with Crippen LogP contribution in [-0.2, 0) is 0 Å². The Morgan fingerprint density at radius 1 is 0.463 bits per heavy atom. The fourth-order valence-corrected chi connectivity index (χ4v) is 12.0. The number of hydrogen-bond acceptors (Lipinski definition) is 0. The highest BCUT2D eigenvalue weighted by atomic mass is 14.5. The number of fused-ring (bicyclic) bond motifs is 10. The number of rotatable bonds is 3. The van der Waals surface area contributed by atoms with Gasteiger partial charge < -0.3 is 0 Å². The SMILES string of the molecule is C/C=C/C1C=CC(C)C1.C/C=C/C1CCC(C)C1.C1=CC2C3C=CC(C3)C2C1.C1=CC2C=CC1C2.C1=CC2CCC1C2.CC=CC1CC(C)C2CC=CC12. The van der Waals surface area contributed by atoms with E-state index in [9.17, 15) is 0 Å². The van der Waals surface area contributed by atoms with E-state index in [1.54, 1.807) is 0 Å². The normalized spacial score (nSPS) is 43.6. The largest absolute Gasteiger partial charge is 0.0914 e. The molecule has 14 atom stereocenters. The van der Waals surface area contributed by atoms with Crippen LogP contribution in [0.25, 0.3) is 0 Å². The summed E-state index contributed by atoms with van der Waals surface area (Å²) in [5, 5.41) is 0. The highest BCUT2D eigenvalue weighted by Gasteiger charge is 2.44. The first-order chi connectivity index (χ1) is 26.3. The highest BCUT2D eigenvalue weighted by molar-refractivity contribution is 5.22. The predicted molar refractivity (Wildman–Crippen MR) is 237 cm³/mol. The maximum Gasteiger partial charge on any atom is -0.00445 e. The van der Waals surface area contributed by atoms with Gasteiger partial charge in [0.25, 0.3) is 0 Å². The molecule has 11 aliphatic rings. The first-order valence-electron chi connectivity index (χ1n) is 23.0. The molecule has 0 saturated heterocycles. The van der Waals surface area contributed by atoms with Crippen LogP contribution in [0.3, 0.4) is 0 Å². The van der Waals surface area contributed by atoms with Crippen LogP contribution in [0.15, 0.2) is 122 Å². The minimum atomic E-state index is 0.727. The van der Waals surface area contributed by atoms with Crippen LogP contribution >= 0.6 is 0 Å². The first kappa shape index (κ1) is 41.0. The summed E-state index contributed by atoms with van der Waals surface area (Å²) in [4.78, 5) is 0. The first-order valence-corrected chi connectivity index (χ1v) is 23.0. The van der Waals surface area contributed by atoms with Gasteiger partial charge in [0, 0.05) is 0 Å².